The maximum Gasteiger partial charge on any atom is 0.416 e. The van der Waals surface area contributed by atoms with E-state index in [0.29, 0.717) is 10.8 Å². The number of hydrazone groups is 1. The minimum atomic E-state index is -4.47. The predicted molar refractivity (Wildman–Crippen MR) is 103 cm³/mol. The van der Waals surface area contributed by atoms with Gasteiger partial charge in [0.2, 0.25) is 0 Å². The molecule has 0 aliphatic rings. The Labute approximate surface area is 163 Å². The fourth-order valence-corrected chi connectivity index (χ4v) is 2.74. The Balaban J connectivity index is 1.90. The van der Waals surface area contributed by atoms with Crippen LogP contribution in [0.15, 0.2) is 58.4 Å². The number of alkyl halides is 3. The molecule has 29 heavy (non-hydrogen) atoms. The molecule has 0 spiro atoms. The third kappa shape index (κ3) is 4.34. The quantitative estimate of drug-likeness (QED) is 0.533. The highest BCUT2D eigenvalue weighted by Crippen LogP contribution is 2.29. The monoisotopic (exact) mass is 402 g/mol. The van der Waals surface area contributed by atoms with Crippen LogP contribution in [0.3, 0.4) is 0 Å². The van der Waals surface area contributed by atoms with Crippen molar-refractivity contribution in [2.75, 3.05) is 0 Å². The lowest BCUT2D eigenvalue weighted by molar-refractivity contribution is -0.137. The molecule has 1 aromatic heterocycles. The molecule has 0 bridgehead atoms. The third-order valence-corrected chi connectivity index (χ3v) is 4.13. The molecular weight excluding hydrogens is 385 g/mol. The maximum atomic E-state index is 12.8. The van der Waals surface area contributed by atoms with Crippen molar-refractivity contribution in [1.29, 1.82) is 0 Å². The number of carbonyl (C=O) groups is 1. The van der Waals surface area contributed by atoms with Crippen LogP contribution in [0.4, 0.5) is 13.2 Å². The highest BCUT2D eigenvalue weighted by Gasteiger charge is 2.30. The second-order valence-electron chi connectivity index (χ2n) is 6.56. The van der Waals surface area contributed by atoms with Crippen molar-refractivity contribution in [1.82, 2.24) is 15.2 Å². The summed E-state index contributed by atoms with van der Waals surface area (Å²) in [6.45, 7) is 3.52. The van der Waals surface area contributed by atoms with Crippen LogP contribution in [0, 0.1) is 0 Å². The van der Waals surface area contributed by atoms with Gasteiger partial charge in [0.25, 0.3) is 11.5 Å². The zero-order chi connectivity index (χ0) is 21.2. The number of fused-ring (bicyclic) bond motifs is 1. The van der Waals surface area contributed by atoms with Gasteiger partial charge in [-0.05, 0) is 37.6 Å². The van der Waals surface area contributed by atoms with Gasteiger partial charge < -0.3 is 0 Å². The molecule has 9 heteroatoms. The van der Waals surface area contributed by atoms with E-state index in [1.807, 2.05) is 0 Å². The van der Waals surface area contributed by atoms with Crippen molar-refractivity contribution in [3.05, 3.63) is 75.7 Å². The minimum Gasteiger partial charge on any atom is -0.267 e. The third-order valence-electron chi connectivity index (χ3n) is 4.13. The van der Waals surface area contributed by atoms with Gasteiger partial charge in [0.1, 0.15) is 0 Å². The van der Waals surface area contributed by atoms with Crippen LogP contribution >= 0.6 is 0 Å². The first kappa shape index (κ1) is 20.2. The molecule has 0 atom stereocenters. The largest absolute Gasteiger partial charge is 0.416 e. The number of nitrogens with one attached hydrogen (secondary N) is 1. The summed E-state index contributed by atoms with van der Waals surface area (Å²) >= 11 is 0. The van der Waals surface area contributed by atoms with Crippen molar-refractivity contribution < 1.29 is 18.0 Å². The Kier molecular flexibility index (Phi) is 5.49. The van der Waals surface area contributed by atoms with Crippen LogP contribution < -0.4 is 11.0 Å². The number of halogens is 3. The lowest BCUT2D eigenvalue weighted by Gasteiger charge is -2.12. The highest BCUT2D eigenvalue weighted by molar-refractivity contribution is 6.04. The van der Waals surface area contributed by atoms with Gasteiger partial charge >= 0.3 is 6.18 Å². The molecule has 0 aliphatic carbocycles. The van der Waals surface area contributed by atoms with Crippen LogP contribution in [-0.4, -0.2) is 21.9 Å². The highest BCUT2D eigenvalue weighted by atomic mass is 19.4. The topological polar surface area (TPSA) is 76.3 Å². The van der Waals surface area contributed by atoms with Crippen LogP contribution in [-0.2, 0) is 6.18 Å². The Morgan fingerprint density at radius 1 is 1.14 bits per heavy atom. The van der Waals surface area contributed by atoms with E-state index in [0.717, 1.165) is 18.3 Å². The van der Waals surface area contributed by atoms with Gasteiger partial charge in [-0.1, -0.05) is 30.3 Å². The minimum absolute atomic E-state index is 0.00454. The zero-order valence-electron chi connectivity index (χ0n) is 15.6. The Morgan fingerprint density at radius 2 is 1.83 bits per heavy atom. The molecule has 3 aromatic rings. The average Bonchev–Trinajstić information content (AvgIpc) is 2.67. The second kappa shape index (κ2) is 7.86. The number of nitrogens with zero attached hydrogens (tertiary/aromatic N) is 3. The SMILES string of the molecule is CC(C)n1nc(C(=O)N/N=C\c2cccc(C(F)(F)F)c2)c2ccccc2c1=O. The lowest BCUT2D eigenvalue weighted by atomic mass is 10.1. The van der Waals surface area contributed by atoms with Crippen molar-refractivity contribution in [2.45, 2.75) is 26.1 Å². The van der Waals surface area contributed by atoms with Crippen LogP contribution in [0.25, 0.3) is 10.8 Å². The van der Waals surface area contributed by atoms with E-state index < -0.39 is 17.6 Å². The summed E-state index contributed by atoms with van der Waals surface area (Å²) in [5.74, 6) is -0.682. The predicted octanol–water partition coefficient (Wildman–Crippen LogP) is 3.76. The molecule has 0 unspecified atom stereocenters. The first-order valence-electron chi connectivity index (χ1n) is 8.70. The van der Waals surface area contributed by atoms with Gasteiger partial charge in [-0.2, -0.15) is 23.4 Å². The Morgan fingerprint density at radius 3 is 2.48 bits per heavy atom. The molecule has 3 rings (SSSR count). The smallest absolute Gasteiger partial charge is 0.267 e. The first-order chi connectivity index (χ1) is 13.7. The van der Waals surface area contributed by atoms with Gasteiger partial charge in [0.15, 0.2) is 5.69 Å². The standard InChI is InChI=1S/C20H17F3N4O2/c1-12(2)27-19(29)16-9-4-3-8-15(16)17(26-27)18(28)25-24-11-13-6-5-7-14(10-13)20(21,22)23/h3-12H,1-2H3,(H,25,28)/b24-11-. The fourth-order valence-electron chi connectivity index (χ4n) is 2.74. The summed E-state index contributed by atoms with van der Waals surface area (Å²) in [4.78, 5) is 25.1. The summed E-state index contributed by atoms with van der Waals surface area (Å²) in [7, 11) is 0. The van der Waals surface area contributed by atoms with E-state index >= 15 is 0 Å². The van der Waals surface area contributed by atoms with E-state index in [1.165, 1.54) is 16.8 Å². The summed E-state index contributed by atoms with van der Waals surface area (Å²) < 4.78 is 39.5. The summed E-state index contributed by atoms with van der Waals surface area (Å²) in [6.07, 6.45) is -3.37. The fraction of sp³-hybridized carbons (Fsp3) is 0.200. The number of aromatic nitrogens is 2. The summed E-state index contributed by atoms with van der Waals surface area (Å²) in [5, 5.41) is 8.57. The number of rotatable bonds is 4. The van der Waals surface area contributed by atoms with Crippen molar-refractivity contribution >= 4 is 22.9 Å². The van der Waals surface area contributed by atoms with E-state index in [-0.39, 0.29) is 22.9 Å². The van der Waals surface area contributed by atoms with Gasteiger partial charge in [-0.3, -0.25) is 9.59 Å². The number of hydrogen-bond donors (Lipinski definition) is 1. The molecule has 0 fully saturated rings. The molecule has 1 N–H and O–H groups in total. The van der Waals surface area contributed by atoms with Gasteiger partial charge in [-0.15, -0.1) is 0 Å². The summed E-state index contributed by atoms with van der Waals surface area (Å²) in [6, 6.07) is 10.8. The Hall–Kier alpha value is -3.49. The molecule has 150 valence electrons. The molecule has 2 aromatic carbocycles. The molecule has 0 saturated carbocycles. The Bertz CT molecular complexity index is 1150. The molecule has 6 nitrogen and oxygen atoms in total. The summed E-state index contributed by atoms with van der Waals surface area (Å²) in [5.41, 5.74) is 1.29. The van der Waals surface area contributed by atoms with Gasteiger partial charge in [0, 0.05) is 5.39 Å². The molecule has 0 saturated heterocycles. The van der Waals surface area contributed by atoms with Crippen LogP contribution in [0.5, 0.6) is 0 Å². The normalized spacial score (nSPS) is 12.1. The van der Waals surface area contributed by atoms with Crippen molar-refractivity contribution in [3.8, 4) is 0 Å². The molecule has 1 amide bonds. The number of carbonyl (C=O) groups excluding carboxylic acids is 1. The zero-order valence-corrected chi connectivity index (χ0v) is 15.6. The maximum absolute atomic E-state index is 12.8. The van der Waals surface area contributed by atoms with E-state index in [4.69, 9.17) is 0 Å². The van der Waals surface area contributed by atoms with Crippen molar-refractivity contribution in [2.24, 2.45) is 5.10 Å². The average molecular weight is 402 g/mol. The number of amides is 1. The van der Waals surface area contributed by atoms with E-state index in [9.17, 15) is 22.8 Å². The second-order valence-corrected chi connectivity index (χ2v) is 6.56. The number of benzene rings is 2. The van der Waals surface area contributed by atoms with E-state index in [2.05, 4.69) is 15.6 Å². The van der Waals surface area contributed by atoms with Crippen LogP contribution in [0.2, 0.25) is 0 Å². The van der Waals surface area contributed by atoms with Crippen molar-refractivity contribution in [3.63, 3.8) is 0 Å². The molecule has 0 radical (unpaired) electrons. The van der Waals surface area contributed by atoms with E-state index in [1.54, 1.807) is 38.1 Å². The molecule has 1 heterocycles. The van der Waals surface area contributed by atoms with Gasteiger partial charge in [0.05, 0.1) is 23.2 Å². The number of hydrogen-bond acceptors (Lipinski definition) is 4. The molecular formula is C20H17F3N4O2. The lowest BCUT2D eigenvalue weighted by Crippen LogP contribution is -2.30. The van der Waals surface area contributed by atoms with Crippen LogP contribution in [0.1, 0.15) is 41.5 Å². The first-order valence-corrected chi connectivity index (χ1v) is 8.70. The van der Waals surface area contributed by atoms with Gasteiger partial charge in [-0.25, -0.2) is 10.1 Å². The molecule has 0 aliphatic heterocycles.